The third-order valence-electron chi connectivity index (χ3n) is 5.17. The first kappa shape index (κ1) is 18.7. The highest BCUT2D eigenvalue weighted by atomic mass is 16.5. The Kier molecular flexibility index (Phi) is 5.29. The molecule has 5 heteroatoms. The molecule has 0 radical (unpaired) electrons. The van der Waals surface area contributed by atoms with Gasteiger partial charge < -0.3 is 15.4 Å². The number of esters is 1. The van der Waals surface area contributed by atoms with Crippen LogP contribution in [0.5, 0.6) is 0 Å². The molecule has 0 aliphatic carbocycles. The molecule has 1 aliphatic rings. The Morgan fingerprint density at radius 1 is 0.931 bits per heavy atom. The van der Waals surface area contributed by atoms with Crippen molar-refractivity contribution in [3.63, 3.8) is 0 Å². The molecule has 0 saturated heterocycles. The lowest BCUT2D eigenvalue weighted by Gasteiger charge is -2.29. The minimum absolute atomic E-state index is 0.320. The van der Waals surface area contributed by atoms with Gasteiger partial charge in [0.25, 0.3) is 0 Å². The molecule has 2 N–H and O–H groups in total. The molecule has 0 saturated carbocycles. The number of nitrogens with one attached hydrogen (secondary N) is 2. The Labute approximate surface area is 169 Å². The number of hydrogen-bond donors (Lipinski definition) is 2. The van der Waals surface area contributed by atoms with Crippen molar-refractivity contribution in [1.82, 2.24) is 10.6 Å². The van der Waals surface area contributed by atoms with Crippen LogP contribution in [0.1, 0.15) is 23.6 Å². The molecule has 1 heterocycles. The average molecular weight is 386 g/mol. The maximum Gasteiger partial charge on any atom is 0.337 e. The Bertz CT molecular complexity index is 1090. The first-order chi connectivity index (χ1) is 14.2. The van der Waals surface area contributed by atoms with Crippen LogP contribution in [0.25, 0.3) is 10.8 Å². The molecule has 4 rings (SSSR count). The molecule has 5 nitrogen and oxygen atoms in total. The SMILES string of the molecule is COC(=O)C1=C(CCc2ccccc2)NC(=O)NC1c1ccc2ccccc2c1. The van der Waals surface area contributed by atoms with Gasteiger partial charge in [0.2, 0.25) is 0 Å². The Balaban J connectivity index is 1.73. The summed E-state index contributed by atoms with van der Waals surface area (Å²) in [7, 11) is 1.36. The highest BCUT2D eigenvalue weighted by Crippen LogP contribution is 2.31. The van der Waals surface area contributed by atoms with Crippen molar-refractivity contribution in [3.8, 4) is 0 Å². The van der Waals surface area contributed by atoms with Crippen LogP contribution < -0.4 is 10.6 Å². The molecule has 3 aromatic rings. The van der Waals surface area contributed by atoms with E-state index in [1.165, 1.54) is 7.11 Å². The average Bonchev–Trinajstić information content (AvgIpc) is 2.77. The van der Waals surface area contributed by atoms with Crippen molar-refractivity contribution >= 4 is 22.8 Å². The third-order valence-corrected chi connectivity index (χ3v) is 5.17. The number of urea groups is 1. The number of carbonyl (C=O) groups is 2. The molecule has 29 heavy (non-hydrogen) atoms. The van der Waals surface area contributed by atoms with Crippen molar-refractivity contribution in [2.75, 3.05) is 7.11 Å². The predicted molar refractivity (Wildman–Crippen MR) is 112 cm³/mol. The van der Waals surface area contributed by atoms with Crippen LogP contribution in [0.2, 0.25) is 0 Å². The van der Waals surface area contributed by atoms with Gasteiger partial charge >= 0.3 is 12.0 Å². The molecular weight excluding hydrogens is 364 g/mol. The van der Waals surface area contributed by atoms with E-state index in [1.807, 2.05) is 72.8 Å². The molecular formula is C24H22N2O3. The van der Waals surface area contributed by atoms with Gasteiger partial charge in [-0.05, 0) is 40.8 Å². The van der Waals surface area contributed by atoms with Crippen LogP contribution >= 0.6 is 0 Å². The lowest BCUT2D eigenvalue weighted by molar-refractivity contribution is -0.136. The van der Waals surface area contributed by atoms with Crippen LogP contribution in [0, 0.1) is 0 Å². The first-order valence-corrected chi connectivity index (χ1v) is 9.57. The van der Waals surface area contributed by atoms with E-state index in [-0.39, 0.29) is 6.03 Å². The third kappa shape index (κ3) is 3.99. The van der Waals surface area contributed by atoms with Crippen molar-refractivity contribution in [2.45, 2.75) is 18.9 Å². The van der Waals surface area contributed by atoms with E-state index in [2.05, 4.69) is 10.6 Å². The molecule has 2 amide bonds. The van der Waals surface area contributed by atoms with Gasteiger partial charge in [0.05, 0.1) is 18.7 Å². The number of aryl methyl sites for hydroxylation is 1. The largest absolute Gasteiger partial charge is 0.466 e. The number of ether oxygens (including phenoxy) is 1. The van der Waals surface area contributed by atoms with E-state index in [9.17, 15) is 9.59 Å². The van der Waals surface area contributed by atoms with E-state index in [4.69, 9.17) is 4.74 Å². The van der Waals surface area contributed by atoms with Gasteiger partial charge in [-0.2, -0.15) is 0 Å². The number of rotatable bonds is 5. The summed E-state index contributed by atoms with van der Waals surface area (Å²) >= 11 is 0. The molecule has 3 aromatic carbocycles. The van der Waals surface area contributed by atoms with Crippen molar-refractivity contribution in [2.24, 2.45) is 0 Å². The zero-order valence-electron chi connectivity index (χ0n) is 16.1. The fraction of sp³-hybridized carbons (Fsp3) is 0.167. The Morgan fingerprint density at radius 3 is 2.41 bits per heavy atom. The number of benzene rings is 3. The van der Waals surface area contributed by atoms with E-state index < -0.39 is 12.0 Å². The minimum Gasteiger partial charge on any atom is -0.466 e. The van der Waals surface area contributed by atoms with E-state index in [0.29, 0.717) is 24.1 Å². The van der Waals surface area contributed by atoms with Crippen molar-refractivity contribution < 1.29 is 14.3 Å². The number of methoxy groups -OCH3 is 1. The first-order valence-electron chi connectivity index (χ1n) is 9.57. The maximum absolute atomic E-state index is 12.7. The molecule has 0 fully saturated rings. The second-order valence-electron chi connectivity index (χ2n) is 7.01. The molecule has 1 aliphatic heterocycles. The number of hydrogen-bond acceptors (Lipinski definition) is 3. The molecule has 0 aromatic heterocycles. The lowest BCUT2D eigenvalue weighted by Crippen LogP contribution is -2.46. The van der Waals surface area contributed by atoms with Gasteiger partial charge in [-0.1, -0.05) is 66.7 Å². The summed E-state index contributed by atoms with van der Waals surface area (Å²) in [5, 5.41) is 7.85. The summed E-state index contributed by atoms with van der Waals surface area (Å²) in [6.45, 7) is 0. The summed E-state index contributed by atoms with van der Waals surface area (Å²) in [5.74, 6) is -0.446. The van der Waals surface area contributed by atoms with E-state index >= 15 is 0 Å². The normalized spacial score (nSPS) is 16.3. The van der Waals surface area contributed by atoms with Gasteiger partial charge in [0.15, 0.2) is 0 Å². The minimum atomic E-state index is -0.563. The molecule has 0 bridgehead atoms. The van der Waals surface area contributed by atoms with Gasteiger partial charge in [-0.25, -0.2) is 9.59 Å². The summed E-state index contributed by atoms with van der Waals surface area (Å²) in [4.78, 5) is 25.1. The van der Waals surface area contributed by atoms with Crippen LogP contribution in [-0.2, 0) is 16.0 Å². The Hall–Kier alpha value is -3.60. The lowest BCUT2D eigenvalue weighted by atomic mass is 9.92. The summed E-state index contributed by atoms with van der Waals surface area (Å²) in [6.07, 6.45) is 1.24. The van der Waals surface area contributed by atoms with Gasteiger partial charge in [0, 0.05) is 5.70 Å². The summed E-state index contributed by atoms with van der Waals surface area (Å²) in [5.41, 5.74) is 3.02. The number of amides is 2. The fourth-order valence-corrected chi connectivity index (χ4v) is 3.72. The smallest absolute Gasteiger partial charge is 0.337 e. The van der Waals surface area contributed by atoms with E-state index in [1.54, 1.807) is 0 Å². The second kappa shape index (κ2) is 8.19. The van der Waals surface area contributed by atoms with Crippen LogP contribution in [0.15, 0.2) is 84.1 Å². The number of fused-ring (bicyclic) bond motifs is 1. The number of carbonyl (C=O) groups excluding carboxylic acids is 2. The standard InChI is InChI=1S/C24H22N2O3/c1-29-23(27)21-20(14-11-16-7-3-2-4-8-16)25-24(28)26-22(21)19-13-12-17-9-5-6-10-18(17)15-19/h2-10,12-13,15,22H,11,14H2,1H3,(H2,25,26,28). The van der Waals surface area contributed by atoms with E-state index in [0.717, 1.165) is 21.9 Å². The summed E-state index contributed by atoms with van der Waals surface area (Å²) in [6, 6.07) is 23.0. The van der Waals surface area contributed by atoms with Crippen molar-refractivity contribution in [3.05, 3.63) is 95.2 Å². The highest BCUT2D eigenvalue weighted by Gasteiger charge is 2.33. The molecule has 0 spiro atoms. The van der Waals surface area contributed by atoms with Crippen molar-refractivity contribution in [1.29, 1.82) is 0 Å². The zero-order chi connectivity index (χ0) is 20.2. The number of allylic oxidation sites excluding steroid dienone is 1. The quantitative estimate of drug-likeness (QED) is 0.644. The molecule has 146 valence electrons. The molecule has 1 unspecified atom stereocenters. The molecule has 1 atom stereocenters. The van der Waals surface area contributed by atoms with Crippen LogP contribution in [0.3, 0.4) is 0 Å². The Morgan fingerprint density at radius 2 is 1.66 bits per heavy atom. The highest BCUT2D eigenvalue weighted by molar-refractivity contribution is 5.95. The fourth-order valence-electron chi connectivity index (χ4n) is 3.72. The predicted octanol–water partition coefficient (Wildman–Crippen LogP) is 4.25. The topological polar surface area (TPSA) is 67.4 Å². The van der Waals surface area contributed by atoms with Gasteiger partial charge in [-0.3, -0.25) is 0 Å². The summed E-state index contributed by atoms with van der Waals surface area (Å²) < 4.78 is 5.06. The van der Waals surface area contributed by atoms with Crippen LogP contribution in [0.4, 0.5) is 4.79 Å². The second-order valence-corrected chi connectivity index (χ2v) is 7.01. The monoisotopic (exact) mass is 386 g/mol. The van der Waals surface area contributed by atoms with Gasteiger partial charge in [-0.15, -0.1) is 0 Å². The zero-order valence-corrected chi connectivity index (χ0v) is 16.1. The van der Waals surface area contributed by atoms with Gasteiger partial charge in [0.1, 0.15) is 0 Å². The maximum atomic E-state index is 12.7. The van der Waals surface area contributed by atoms with Crippen LogP contribution in [-0.4, -0.2) is 19.1 Å².